The fraction of sp³-hybridized carbons (Fsp3) is 0.407. The van der Waals surface area contributed by atoms with Crippen molar-refractivity contribution >= 4 is 34.3 Å². The molecule has 4 aromatic carbocycles. The Morgan fingerprint density at radius 1 is 0.762 bits per heavy atom. The second-order valence-corrected chi connectivity index (χ2v) is 19.9. The van der Waals surface area contributed by atoms with Crippen LogP contribution in [0, 0.1) is 39.9 Å². The number of nitrogens with one attached hydrogen (secondary N) is 1. The smallest absolute Gasteiger partial charge is 0.169 e. The lowest BCUT2D eigenvalue weighted by atomic mass is 9.33. The molecule has 6 aliphatic carbocycles. The minimum atomic E-state index is -0.530. The topological polar surface area (TPSA) is 158 Å². The number of aliphatic hydroxyl groups is 1. The van der Waals surface area contributed by atoms with Gasteiger partial charge in [-0.25, -0.2) is 0 Å². The summed E-state index contributed by atoms with van der Waals surface area (Å²) >= 11 is 0. The van der Waals surface area contributed by atoms with Crippen molar-refractivity contribution in [2.75, 3.05) is 6.67 Å². The quantitative estimate of drug-likeness (QED) is 0.0579. The van der Waals surface area contributed by atoms with Gasteiger partial charge in [-0.1, -0.05) is 91.4 Å². The van der Waals surface area contributed by atoms with E-state index in [1.54, 1.807) is 24.3 Å². The van der Waals surface area contributed by atoms with Gasteiger partial charge < -0.3 is 30.6 Å². The molecule has 9 nitrogen and oxygen atoms in total. The number of phenols is 5. The number of aryl methyl sites for hydroxylation is 1. The number of rotatable bonds is 6. The van der Waals surface area contributed by atoms with Gasteiger partial charge in [0, 0.05) is 22.9 Å². The monoisotopic (exact) mass is 841 g/mol. The molecule has 8 aliphatic rings. The number of hydrogen-bond donors (Lipinski definition) is 7. The molecule has 4 saturated carbocycles. The molecule has 12 rings (SSSR count). The molecule has 10 unspecified atom stereocenters. The molecule has 4 fully saturated rings. The van der Waals surface area contributed by atoms with Gasteiger partial charge in [-0.05, 0) is 144 Å². The molecule has 2 heterocycles. The summed E-state index contributed by atoms with van der Waals surface area (Å²) in [6.07, 6.45) is 26.5. The molecule has 0 bridgehead atoms. The van der Waals surface area contributed by atoms with Crippen molar-refractivity contribution in [3.8, 4) is 28.7 Å². The normalized spacial score (nSPS) is 34.6. The zero-order chi connectivity index (χ0) is 42.8. The molecule has 9 heteroatoms. The summed E-state index contributed by atoms with van der Waals surface area (Å²) in [4.78, 5) is 10.6. The number of aromatic hydroxyl groups is 5. The van der Waals surface area contributed by atoms with Gasteiger partial charge in [0.25, 0.3) is 0 Å². The highest BCUT2D eigenvalue weighted by Gasteiger charge is 2.78. The highest BCUT2D eigenvalue weighted by Crippen LogP contribution is 2.79. The van der Waals surface area contributed by atoms with Crippen LogP contribution in [0.4, 0.5) is 0 Å². The van der Waals surface area contributed by atoms with Crippen LogP contribution in [0.25, 0.3) is 22.9 Å². The van der Waals surface area contributed by atoms with Gasteiger partial charge in [0.1, 0.15) is 12.4 Å². The van der Waals surface area contributed by atoms with Crippen LogP contribution in [0.3, 0.4) is 0 Å². The van der Waals surface area contributed by atoms with Gasteiger partial charge in [0.15, 0.2) is 23.0 Å². The van der Waals surface area contributed by atoms with Crippen LogP contribution in [0.2, 0.25) is 0 Å². The Labute approximate surface area is 367 Å². The first kappa shape index (κ1) is 39.0. The Kier molecular flexibility index (Phi) is 8.78. The zero-order valence-electron chi connectivity index (χ0n) is 35.4. The molecule has 0 aromatic heterocycles. The number of hydrogen-bond acceptors (Lipinski definition) is 9. The summed E-state index contributed by atoms with van der Waals surface area (Å²) in [5.74, 6) is 0.345. The van der Waals surface area contributed by atoms with Crippen LogP contribution < -0.4 is 5.32 Å². The van der Waals surface area contributed by atoms with Crippen molar-refractivity contribution in [3.63, 3.8) is 0 Å². The average Bonchev–Trinajstić information content (AvgIpc) is 4.02. The molecule has 0 saturated heterocycles. The van der Waals surface area contributed by atoms with E-state index in [-0.39, 0.29) is 68.4 Å². The van der Waals surface area contributed by atoms with Crippen molar-refractivity contribution in [1.82, 2.24) is 5.32 Å². The van der Waals surface area contributed by atoms with Crippen molar-refractivity contribution < 1.29 is 30.6 Å². The van der Waals surface area contributed by atoms with Crippen LogP contribution >= 0.6 is 0 Å². The van der Waals surface area contributed by atoms with Gasteiger partial charge in [-0.2, -0.15) is 0 Å². The number of phenolic OH excluding ortho intramolecular Hbond substituents is 5. The van der Waals surface area contributed by atoms with Crippen molar-refractivity contribution in [2.24, 2.45) is 49.9 Å². The van der Waals surface area contributed by atoms with Crippen LogP contribution in [0.1, 0.15) is 91.6 Å². The summed E-state index contributed by atoms with van der Waals surface area (Å²) in [5.41, 5.74) is 7.53. The predicted molar refractivity (Wildman–Crippen MR) is 246 cm³/mol. The fourth-order valence-electron chi connectivity index (χ4n) is 15.3. The molecular weight excluding hydrogens is 787 g/mol. The van der Waals surface area contributed by atoms with Crippen LogP contribution in [-0.4, -0.2) is 60.9 Å². The molecule has 2 aliphatic heterocycles. The number of aliphatic imine (C=N–C) groups is 2. The van der Waals surface area contributed by atoms with E-state index < -0.39 is 6.10 Å². The molecule has 7 N–H and O–H groups in total. The molecule has 10 atom stereocenters. The van der Waals surface area contributed by atoms with Gasteiger partial charge in [-0.3, -0.25) is 15.3 Å². The Morgan fingerprint density at radius 2 is 1.63 bits per heavy atom. The number of allylic oxidation sites excluding steroid dienone is 2. The lowest BCUT2D eigenvalue weighted by molar-refractivity contribution is -0.182. The Hall–Kier alpha value is -5.64. The lowest BCUT2D eigenvalue weighted by Gasteiger charge is -2.71. The Balaban J connectivity index is 0.888. The maximum Gasteiger partial charge on any atom is 0.169 e. The first-order valence-corrected chi connectivity index (χ1v) is 23.2. The van der Waals surface area contributed by atoms with Gasteiger partial charge in [0.05, 0.1) is 29.0 Å². The molecular formula is C54H55N3O6. The first-order valence-electron chi connectivity index (χ1n) is 23.2. The molecule has 63 heavy (non-hydrogen) atoms. The number of fused-ring (bicyclic) bond motifs is 3. The molecule has 322 valence electrons. The second kappa shape index (κ2) is 14.2. The molecule has 2 spiro atoms. The summed E-state index contributed by atoms with van der Waals surface area (Å²) in [6.45, 7) is 0.499. The van der Waals surface area contributed by atoms with Crippen molar-refractivity contribution in [2.45, 2.75) is 88.8 Å². The lowest BCUT2D eigenvalue weighted by Crippen LogP contribution is -2.75. The number of benzene rings is 4. The molecule has 0 amide bonds. The third kappa shape index (κ3) is 5.35. The van der Waals surface area contributed by atoms with Crippen LogP contribution in [0.15, 0.2) is 107 Å². The predicted octanol–water partition coefficient (Wildman–Crippen LogP) is 9.61. The van der Waals surface area contributed by atoms with Crippen LogP contribution in [-0.2, 0) is 12.8 Å². The number of nitrogens with zero attached hydrogens (tertiary/aromatic N) is 2. The highest BCUT2D eigenvalue weighted by molar-refractivity contribution is 6.46. The van der Waals surface area contributed by atoms with E-state index in [2.05, 4.69) is 60.0 Å². The van der Waals surface area contributed by atoms with E-state index in [1.165, 1.54) is 80.1 Å². The fourth-order valence-corrected chi connectivity index (χ4v) is 15.3. The Bertz CT molecular complexity index is 2770. The number of aliphatic hydroxyl groups excluding tert-OH is 1. The third-order valence-corrected chi connectivity index (χ3v) is 17.6. The SMILES string of the molecule is Oc1ccc(C=Cc2c(CCc3ccc(C4C=CC5=CC6CCC7CCC8=NCN=C8C8(C5N4)C4C(O)C=CC5CCCC54CCC678)cc3)c(O)c(O)c3c(O)cccc23)cc1O. The minimum Gasteiger partial charge on any atom is -0.507 e. The summed E-state index contributed by atoms with van der Waals surface area (Å²) in [6, 6.07) is 18.2. The standard InChI is InChI=1S/C54H55N3O6/c58-42-22-10-31(27-45(42)61)9-18-37-38-4-1-5-43(59)46(38)48(63)47(62)39(37)19-8-30-6-11-32(12-7-30)40-20-13-33-28-36-15-14-35-16-21-41-51(56-29-55-41)54(50(33)57-40)49-44(60)23-17-34-3-2-24-52(34,49)25-26-53(35,36)54/h1,4-7,9-13,17-18,20,22-23,27-28,34-36,40,44,49-50,57-63H,2-3,8,14-16,19,21,24-26,29H2. The summed E-state index contributed by atoms with van der Waals surface area (Å²) in [7, 11) is 0. The minimum absolute atomic E-state index is 0.00577. The third-order valence-electron chi connectivity index (χ3n) is 17.6. The maximum atomic E-state index is 12.6. The summed E-state index contributed by atoms with van der Waals surface area (Å²) in [5, 5.41) is 71.0. The van der Waals surface area contributed by atoms with Crippen molar-refractivity contribution in [1.29, 1.82) is 0 Å². The zero-order valence-corrected chi connectivity index (χ0v) is 35.4. The van der Waals surface area contributed by atoms with E-state index in [0.29, 0.717) is 59.3 Å². The average molecular weight is 842 g/mol. The van der Waals surface area contributed by atoms with E-state index in [1.807, 2.05) is 6.08 Å². The molecule has 0 radical (unpaired) electrons. The van der Waals surface area contributed by atoms with E-state index in [0.717, 1.165) is 24.0 Å². The molecule has 4 aromatic rings. The summed E-state index contributed by atoms with van der Waals surface area (Å²) < 4.78 is 0. The highest BCUT2D eigenvalue weighted by atomic mass is 16.3. The van der Waals surface area contributed by atoms with Crippen molar-refractivity contribution in [3.05, 3.63) is 124 Å². The largest absolute Gasteiger partial charge is 0.507 e. The van der Waals surface area contributed by atoms with Gasteiger partial charge in [0.2, 0.25) is 0 Å². The van der Waals surface area contributed by atoms with E-state index in [9.17, 15) is 30.6 Å². The second-order valence-electron chi connectivity index (χ2n) is 19.9. The van der Waals surface area contributed by atoms with E-state index >= 15 is 0 Å². The van der Waals surface area contributed by atoms with Gasteiger partial charge >= 0.3 is 0 Å². The first-order chi connectivity index (χ1) is 30.6. The van der Waals surface area contributed by atoms with Crippen LogP contribution in [0.5, 0.6) is 28.7 Å². The maximum absolute atomic E-state index is 12.6. The van der Waals surface area contributed by atoms with Gasteiger partial charge in [-0.15, -0.1) is 0 Å². The van der Waals surface area contributed by atoms with E-state index in [4.69, 9.17) is 9.98 Å². The Morgan fingerprint density at radius 3 is 2.49 bits per heavy atom.